The highest BCUT2D eigenvalue weighted by atomic mass is 35.5. The van der Waals surface area contributed by atoms with Crippen LogP contribution in [0.4, 0.5) is 10.5 Å². The number of halogens is 1. The average molecular weight is 563 g/mol. The zero-order valence-electron chi connectivity index (χ0n) is 22.2. The van der Waals surface area contributed by atoms with Crippen LogP contribution in [0.1, 0.15) is 24.8 Å². The molecule has 2 aromatic heterocycles. The number of nitrogens with one attached hydrogen (secondary N) is 2. The Morgan fingerprint density at radius 3 is 2.65 bits per heavy atom. The van der Waals surface area contributed by atoms with Crippen LogP contribution in [0.2, 0.25) is 5.02 Å². The van der Waals surface area contributed by atoms with E-state index < -0.39 is 0 Å². The quantitative estimate of drug-likeness (QED) is 0.225. The van der Waals surface area contributed by atoms with E-state index in [-0.39, 0.29) is 6.03 Å². The van der Waals surface area contributed by atoms with Gasteiger partial charge in [-0.1, -0.05) is 11.6 Å². The van der Waals surface area contributed by atoms with E-state index in [1.54, 1.807) is 37.7 Å². The van der Waals surface area contributed by atoms with Gasteiger partial charge in [0, 0.05) is 37.6 Å². The molecule has 40 heavy (non-hydrogen) atoms. The molecule has 2 aromatic carbocycles. The van der Waals surface area contributed by atoms with Crippen molar-refractivity contribution in [1.82, 2.24) is 25.2 Å². The van der Waals surface area contributed by atoms with Crippen molar-refractivity contribution in [2.24, 2.45) is 0 Å². The molecule has 10 nitrogen and oxygen atoms in total. The third-order valence-corrected chi connectivity index (χ3v) is 6.88. The van der Waals surface area contributed by atoms with Crippen LogP contribution in [0.15, 0.2) is 61.2 Å². The first kappa shape index (κ1) is 27.4. The number of fused-ring (bicyclic) bond motifs is 1. The molecule has 1 aliphatic rings. The van der Waals surface area contributed by atoms with Crippen LogP contribution in [0.3, 0.4) is 0 Å². The van der Waals surface area contributed by atoms with E-state index in [1.165, 1.54) is 32.3 Å². The summed E-state index contributed by atoms with van der Waals surface area (Å²) < 4.78 is 17.7. The minimum absolute atomic E-state index is 0.317. The largest absolute Gasteiger partial charge is 0.493 e. The number of pyridine rings is 1. The molecule has 2 N–H and O–H groups in total. The smallest absolute Gasteiger partial charge is 0.319 e. The summed E-state index contributed by atoms with van der Waals surface area (Å²) in [5.74, 6) is 2.00. The molecule has 4 aromatic rings. The van der Waals surface area contributed by atoms with Crippen molar-refractivity contribution in [3.8, 4) is 23.1 Å². The monoisotopic (exact) mass is 562 g/mol. The fraction of sp³-hybridized carbons (Fsp3) is 0.310. The van der Waals surface area contributed by atoms with E-state index in [2.05, 4.69) is 30.5 Å². The Hall–Kier alpha value is -4.15. The molecule has 0 radical (unpaired) electrons. The second-order valence-electron chi connectivity index (χ2n) is 9.36. The molecule has 0 saturated carbocycles. The molecule has 5 rings (SSSR count). The minimum atomic E-state index is -0.379. The SMILES string of the molecule is COc1cc2c(Oc3ccc(NC(=O)NCc4ccncc4)c(Cl)c3)ncnc2cc1OCCCN1CCCC1. The summed E-state index contributed by atoms with van der Waals surface area (Å²) in [6.07, 6.45) is 8.28. The number of likely N-dealkylation sites (tertiary alicyclic amines) is 1. The predicted molar refractivity (Wildman–Crippen MR) is 153 cm³/mol. The Kier molecular flexibility index (Phi) is 9.10. The summed E-state index contributed by atoms with van der Waals surface area (Å²) in [6.45, 7) is 4.33. The van der Waals surface area contributed by atoms with Crippen LogP contribution >= 0.6 is 11.6 Å². The number of hydrogen-bond donors (Lipinski definition) is 2. The number of ether oxygens (including phenoxy) is 3. The predicted octanol–water partition coefficient (Wildman–Crippen LogP) is 5.67. The number of rotatable bonds is 11. The lowest BCUT2D eigenvalue weighted by atomic mass is 10.2. The van der Waals surface area contributed by atoms with Gasteiger partial charge in [0.1, 0.15) is 12.1 Å². The second-order valence-corrected chi connectivity index (χ2v) is 9.76. The summed E-state index contributed by atoms with van der Waals surface area (Å²) >= 11 is 6.44. The number of benzene rings is 2. The van der Waals surface area contributed by atoms with Gasteiger partial charge in [0.15, 0.2) is 11.5 Å². The maximum Gasteiger partial charge on any atom is 0.319 e. The van der Waals surface area contributed by atoms with E-state index in [1.807, 2.05) is 24.3 Å². The fourth-order valence-electron chi connectivity index (χ4n) is 4.49. The Morgan fingerprint density at radius 2 is 1.88 bits per heavy atom. The Balaban J connectivity index is 1.23. The van der Waals surface area contributed by atoms with E-state index >= 15 is 0 Å². The maximum absolute atomic E-state index is 12.3. The molecule has 0 spiro atoms. The van der Waals surface area contributed by atoms with Crippen molar-refractivity contribution >= 4 is 34.2 Å². The van der Waals surface area contributed by atoms with Gasteiger partial charge in [-0.3, -0.25) is 4.98 Å². The highest BCUT2D eigenvalue weighted by Gasteiger charge is 2.15. The molecule has 0 unspecified atom stereocenters. The number of methoxy groups -OCH3 is 1. The van der Waals surface area contributed by atoms with Gasteiger partial charge >= 0.3 is 6.03 Å². The van der Waals surface area contributed by atoms with Crippen LogP contribution in [0, 0.1) is 0 Å². The molecule has 3 heterocycles. The Morgan fingerprint density at radius 1 is 1.05 bits per heavy atom. The summed E-state index contributed by atoms with van der Waals surface area (Å²) in [5, 5.41) is 6.51. The molecular weight excluding hydrogens is 532 g/mol. The number of nitrogens with zero attached hydrogens (tertiary/aromatic N) is 4. The van der Waals surface area contributed by atoms with Crippen LogP contribution in [0.5, 0.6) is 23.1 Å². The van der Waals surface area contributed by atoms with Gasteiger partial charge in [0.2, 0.25) is 5.88 Å². The van der Waals surface area contributed by atoms with Gasteiger partial charge in [-0.25, -0.2) is 14.8 Å². The third kappa shape index (κ3) is 7.08. The second kappa shape index (κ2) is 13.3. The van der Waals surface area contributed by atoms with Gasteiger partial charge in [-0.15, -0.1) is 0 Å². The lowest BCUT2D eigenvalue weighted by Gasteiger charge is -2.16. The van der Waals surface area contributed by atoms with E-state index in [0.29, 0.717) is 57.9 Å². The van der Waals surface area contributed by atoms with Crippen LogP contribution < -0.4 is 24.8 Å². The number of carbonyl (C=O) groups excluding carboxylic acids is 1. The van der Waals surface area contributed by atoms with Crippen molar-refractivity contribution in [2.75, 3.05) is 38.7 Å². The van der Waals surface area contributed by atoms with Gasteiger partial charge in [-0.05, 0) is 68.2 Å². The van der Waals surface area contributed by atoms with Crippen molar-refractivity contribution < 1.29 is 19.0 Å². The molecule has 1 fully saturated rings. The number of carbonyl (C=O) groups is 1. The summed E-state index contributed by atoms with van der Waals surface area (Å²) in [7, 11) is 1.60. The molecule has 208 valence electrons. The average Bonchev–Trinajstić information content (AvgIpc) is 3.50. The number of hydrogen-bond acceptors (Lipinski definition) is 8. The molecule has 0 aliphatic carbocycles. The van der Waals surface area contributed by atoms with Crippen molar-refractivity contribution in [3.63, 3.8) is 0 Å². The van der Waals surface area contributed by atoms with Gasteiger partial charge in [-0.2, -0.15) is 0 Å². The summed E-state index contributed by atoms with van der Waals surface area (Å²) in [4.78, 5) is 27.5. The summed E-state index contributed by atoms with van der Waals surface area (Å²) in [5.41, 5.74) is 2.04. The Labute approximate surface area is 237 Å². The van der Waals surface area contributed by atoms with Crippen LogP contribution in [-0.2, 0) is 6.54 Å². The lowest BCUT2D eigenvalue weighted by molar-refractivity contribution is 0.251. The van der Waals surface area contributed by atoms with Crippen LogP contribution in [-0.4, -0.2) is 59.2 Å². The van der Waals surface area contributed by atoms with Crippen molar-refractivity contribution in [3.05, 3.63) is 71.8 Å². The maximum atomic E-state index is 12.3. The zero-order valence-corrected chi connectivity index (χ0v) is 23.0. The van der Waals surface area contributed by atoms with Gasteiger partial charge < -0.3 is 29.7 Å². The van der Waals surface area contributed by atoms with Crippen molar-refractivity contribution in [2.45, 2.75) is 25.8 Å². The molecule has 1 aliphatic heterocycles. The van der Waals surface area contributed by atoms with Gasteiger partial charge in [0.05, 0.1) is 35.3 Å². The number of aromatic nitrogens is 3. The van der Waals surface area contributed by atoms with Crippen molar-refractivity contribution in [1.29, 1.82) is 0 Å². The number of urea groups is 1. The number of anilines is 1. The van der Waals surface area contributed by atoms with Crippen LogP contribution in [0.25, 0.3) is 10.9 Å². The molecule has 11 heteroatoms. The van der Waals surface area contributed by atoms with Gasteiger partial charge in [0.25, 0.3) is 0 Å². The minimum Gasteiger partial charge on any atom is -0.493 e. The third-order valence-electron chi connectivity index (χ3n) is 6.56. The highest BCUT2D eigenvalue weighted by Crippen LogP contribution is 2.37. The molecule has 0 bridgehead atoms. The summed E-state index contributed by atoms with van der Waals surface area (Å²) in [6, 6.07) is 11.9. The first-order valence-corrected chi connectivity index (χ1v) is 13.6. The van der Waals surface area contributed by atoms with E-state index in [4.69, 9.17) is 25.8 Å². The molecule has 1 saturated heterocycles. The first-order chi connectivity index (χ1) is 19.6. The highest BCUT2D eigenvalue weighted by molar-refractivity contribution is 6.33. The normalized spacial score (nSPS) is 13.2. The standard InChI is InChI=1S/C29H31ClN6O4/c1-38-26-16-22-25(17-27(26)39-14-4-13-36-11-2-3-12-36)33-19-34-28(22)40-21-5-6-24(23(30)15-21)35-29(37)32-18-20-7-9-31-10-8-20/h5-10,15-17,19H,2-4,11-14,18H2,1H3,(H2,32,35,37). The number of amides is 2. The molecular formula is C29H31ClN6O4. The lowest BCUT2D eigenvalue weighted by Crippen LogP contribution is -2.28. The topological polar surface area (TPSA) is 111 Å². The van der Waals surface area contributed by atoms with E-state index in [9.17, 15) is 4.79 Å². The Bertz CT molecular complexity index is 1450. The first-order valence-electron chi connectivity index (χ1n) is 13.2. The fourth-order valence-corrected chi connectivity index (χ4v) is 4.71. The molecule has 2 amide bonds. The zero-order chi connectivity index (χ0) is 27.7. The molecule has 0 atom stereocenters. The van der Waals surface area contributed by atoms with E-state index in [0.717, 1.165) is 18.5 Å².